The van der Waals surface area contributed by atoms with Gasteiger partial charge in [0.05, 0.1) is 12.8 Å². The number of carbonyl (C=O) groups excluding carboxylic acids is 1. The van der Waals surface area contributed by atoms with Gasteiger partial charge in [-0.2, -0.15) is 0 Å². The summed E-state index contributed by atoms with van der Waals surface area (Å²) >= 11 is 0. The van der Waals surface area contributed by atoms with Crippen LogP contribution in [0.1, 0.15) is 24.6 Å². The molecule has 0 bridgehead atoms. The Morgan fingerprint density at radius 2 is 2.28 bits per heavy atom. The second-order valence-electron chi connectivity index (χ2n) is 5.78. The molecule has 0 saturated carbocycles. The fraction of sp³-hybridized carbons (Fsp3) is 0.389. The van der Waals surface area contributed by atoms with E-state index in [0.717, 1.165) is 30.9 Å². The third-order valence-corrected chi connectivity index (χ3v) is 3.95. The number of nitrogens with zero attached hydrogens (tertiary/aromatic N) is 2. The molecule has 2 aromatic heterocycles. The Balaban J connectivity index is 1.50. The van der Waals surface area contributed by atoms with E-state index >= 15 is 0 Å². The standard InChI is InChI=1S/C18H23N5O2/c1-2-25-16-8-10-19-12-15(16)23-18(24)21-11-7-14-6-5-13-4-3-9-20-17(13)22-14/h5-6,8,10,12H,2-4,7,9,11H2,1H3,(H,20,22)(H2,21,23,24). The molecule has 0 fully saturated rings. The van der Waals surface area contributed by atoms with E-state index in [0.29, 0.717) is 31.0 Å². The molecule has 3 heterocycles. The zero-order chi connectivity index (χ0) is 17.5. The SMILES string of the molecule is CCOc1ccncc1NC(=O)NCCc1ccc2c(n1)NCCC2. The number of aromatic nitrogens is 2. The fourth-order valence-electron chi connectivity index (χ4n) is 2.74. The number of hydrogen-bond donors (Lipinski definition) is 3. The number of anilines is 2. The van der Waals surface area contributed by atoms with Gasteiger partial charge in [-0.1, -0.05) is 6.07 Å². The average molecular weight is 341 g/mol. The van der Waals surface area contributed by atoms with Crippen LogP contribution < -0.4 is 20.7 Å². The summed E-state index contributed by atoms with van der Waals surface area (Å²) in [4.78, 5) is 20.7. The van der Waals surface area contributed by atoms with Gasteiger partial charge in [-0.25, -0.2) is 9.78 Å². The summed E-state index contributed by atoms with van der Waals surface area (Å²) in [5.41, 5.74) is 2.78. The number of nitrogens with one attached hydrogen (secondary N) is 3. The summed E-state index contributed by atoms with van der Waals surface area (Å²) in [7, 11) is 0. The van der Waals surface area contributed by atoms with E-state index in [1.165, 1.54) is 5.56 Å². The smallest absolute Gasteiger partial charge is 0.319 e. The van der Waals surface area contributed by atoms with Crippen LogP contribution in [0.2, 0.25) is 0 Å². The number of rotatable bonds is 6. The van der Waals surface area contributed by atoms with E-state index < -0.39 is 0 Å². The number of amides is 2. The second kappa shape index (κ2) is 8.32. The molecule has 0 aliphatic carbocycles. The van der Waals surface area contributed by atoms with Crippen molar-refractivity contribution in [3.8, 4) is 5.75 Å². The van der Waals surface area contributed by atoms with E-state index in [9.17, 15) is 4.79 Å². The van der Waals surface area contributed by atoms with Gasteiger partial charge in [0.25, 0.3) is 0 Å². The summed E-state index contributed by atoms with van der Waals surface area (Å²) in [6.07, 6.45) is 6.09. The molecule has 0 spiro atoms. The van der Waals surface area contributed by atoms with Gasteiger partial charge < -0.3 is 20.7 Å². The van der Waals surface area contributed by atoms with E-state index in [1.807, 2.05) is 13.0 Å². The summed E-state index contributed by atoms with van der Waals surface area (Å²) in [5.74, 6) is 1.58. The van der Waals surface area contributed by atoms with Crippen LogP contribution in [0, 0.1) is 0 Å². The Morgan fingerprint density at radius 1 is 1.36 bits per heavy atom. The number of carbonyl (C=O) groups is 1. The molecule has 3 rings (SSSR count). The van der Waals surface area contributed by atoms with Crippen LogP contribution in [-0.2, 0) is 12.8 Å². The molecule has 0 saturated heterocycles. The van der Waals surface area contributed by atoms with Gasteiger partial charge in [0, 0.05) is 37.5 Å². The summed E-state index contributed by atoms with van der Waals surface area (Å²) in [5, 5.41) is 8.92. The van der Waals surface area contributed by atoms with Gasteiger partial charge in [0.2, 0.25) is 0 Å². The Morgan fingerprint density at radius 3 is 3.16 bits per heavy atom. The number of urea groups is 1. The molecule has 0 atom stereocenters. The minimum atomic E-state index is -0.287. The topological polar surface area (TPSA) is 88.2 Å². The molecular weight excluding hydrogens is 318 g/mol. The Hall–Kier alpha value is -2.83. The molecule has 7 nitrogen and oxygen atoms in total. The summed E-state index contributed by atoms with van der Waals surface area (Å²) in [6, 6.07) is 5.58. The monoisotopic (exact) mass is 341 g/mol. The quantitative estimate of drug-likeness (QED) is 0.752. The first-order valence-electron chi connectivity index (χ1n) is 8.60. The van der Waals surface area contributed by atoms with Crippen LogP contribution >= 0.6 is 0 Å². The van der Waals surface area contributed by atoms with Crippen LogP contribution in [0.15, 0.2) is 30.6 Å². The zero-order valence-corrected chi connectivity index (χ0v) is 14.3. The van der Waals surface area contributed by atoms with Crippen molar-refractivity contribution in [3.05, 3.63) is 41.9 Å². The van der Waals surface area contributed by atoms with Crippen molar-refractivity contribution in [1.29, 1.82) is 0 Å². The van der Waals surface area contributed by atoms with Gasteiger partial charge in [-0.05, 0) is 31.4 Å². The van der Waals surface area contributed by atoms with Crippen LogP contribution in [0.5, 0.6) is 5.75 Å². The maximum Gasteiger partial charge on any atom is 0.319 e. The lowest BCUT2D eigenvalue weighted by Gasteiger charge is -2.17. The summed E-state index contributed by atoms with van der Waals surface area (Å²) < 4.78 is 5.47. The number of hydrogen-bond acceptors (Lipinski definition) is 5. The maximum absolute atomic E-state index is 12.1. The van der Waals surface area contributed by atoms with Crippen molar-refractivity contribution >= 4 is 17.5 Å². The summed E-state index contributed by atoms with van der Waals surface area (Å²) in [6.45, 7) is 3.89. The Labute approximate surface area is 147 Å². The first kappa shape index (κ1) is 17.0. The van der Waals surface area contributed by atoms with E-state index in [4.69, 9.17) is 4.74 Å². The molecule has 2 amide bonds. The highest BCUT2D eigenvalue weighted by molar-refractivity contribution is 5.90. The predicted octanol–water partition coefficient (Wildman–Crippen LogP) is 2.60. The Kier molecular flexibility index (Phi) is 5.66. The molecule has 25 heavy (non-hydrogen) atoms. The van der Waals surface area contributed by atoms with Crippen molar-refractivity contribution in [2.75, 3.05) is 30.3 Å². The lowest BCUT2D eigenvalue weighted by atomic mass is 10.1. The Bertz CT molecular complexity index is 735. The molecule has 0 aromatic carbocycles. The van der Waals surface area contributed by atoms with Gasteiger partial charge >= 0.3 is 6.03 Å². The van der Waals surface area contributed by atoms with Crippen LogP contribution in [-0.4, -0.2) is 35.7 Å². The van der Waals surface area contributed by atoms with Crippen molar-refractivity contribution < 1.29 is 9.53 Å². The molecule has 0 unspecified atom stereocenters. The van der Waals surface area contributed by atoms with Crippen LogP contribution in [0.4, 0.5) is 16.3 Å². The van der Waals surface area contributed by atoms with Gasteiger partial charge in [-0.15, -0.1) is 0 Å². The highest BCUT2D eigenvalue weighted by Crippen LogP contribution is 2.22. The minimum Gasteiger partial charge on any atom is -0.492 e. The maximum atomic E-state index is 12.1. The first-order chi connectivity index (χ1) is 12.3. The third kappa shape index (κ3) is 4.59. The largest absolute Gasteiger partial charge is 0.492 e. The third-order valence-electron chi connectivity index (χ3n) is 3.95. The molecule has 1 aliphatic rings. The highest BCUT2D eigenvalue weighted by atomic mass is 16.5. The lowest BCUT2D eigenvalue weighted by Crippen LogP contribution is -2.30. The van der Waals surface area contributed by atoms with Gasteiger partial charge in [-0.3, -0.25) is 4.98 Å². The second-order valence-corrected chi connectivity index (χ2v) is 5.78. The van der Waals surface area contributed by atoms with Crippen molar-refractivity contribution in [2.45, 2.75) is 26.2 Å². The average Bonchev–Trinajstić information content (AvgIpc) is 2.63. The number of ether oxygens (including phenoxy) is 1. The fourth-order valence-corrected chi connectivity index (χ4v) is 2.74. The van der Waals surface area contributed by atoms with Crippen molar-refractivity contribution in [1.82, 2.24) is 15.3 Å². The molecular formula is C18H23N5O2. The van der Waals surface area contributed by atoms with E-state index in [2.05, 4.69) is 32.0 Å². The van der Waals surface area contributed by atoms with Gasteiger partial charge in [0.1, 0.15) is 17.3 Å². The lowest BCUT2D eigenvalue weighted by molar-refractivity contribution is 0.252. The normalized spacial score (nSPS) is 12.7. The predicted molar refractivity (Wildman–Crippen MR) is 97.2 cm³/mol. The van der Waals surface area contributed by atoms with Gasteiger partial charge in [0.15, 0.2) is 0 Å². The molecule has 1 aliphatic heterocycles. The highest BCUT2D eigenvalue weighted by Gasteiger charge is 2.11. The number of aryl methyl sites for hydroxylation is 1. The van der Waals surface area contributed by atoms with E-state index in [1.54, 1.807) is 18.5 Å². The molecule has 3 N–H and O–H groups in total. The number of fused-ring (bicyclic) bond motifs is 1. The van der Waals surface area contributed by atoms with Crippen molar-refractivity contribution in [3.63, 3.8) is 0 Å². The van der Waals surface area contributed by atoms with Crippen molar-refractivity contribution in [2.24, 2.45) is 0 Å². The molecule has 7 heteroatoms. The molecule has 0 radical (unpaired) electrons. The molecule has 132 valence electrons. The first-order valence-corrected chi connectivity index (χ1v) is 8.60. The van der Waals surface area contributed by atoms with Crippen LogP contribution in [0.25, 0.3) is 0 Å². The molecule has 2 aromatic rings. The zero-order valence-electron chi connectivity index (χ0n) is 14.3. The number of pyridine rings is 2. The van der Waals surface area contributed by atoms with E-state index in [-0.39, 0.29) is 6.03 Å². The van der Waals surface area contributed by atoms with Crippen LogP contribution in [0.3, 0.4) is 0 Å². The minimum absolute atomic E-state index is 0.287.